The van der Waals surface area contributed by atoms with Gasteiger partial charge >= 0.3 is 0 Å². The summed E-state index contributed by atoms with van der Waals surface area (Å²) in [6.45, 7) is 1.88. The number of nitrogens with zero attached hydrogens (tertiary/aromatic N) is 2. The molecule has 0 atom stereocenters. The number of rotatable bonds is 6. The van der Waals surface area contributed by atoms with Crippen LogP contribution in [0, 0.1) is 12.7 Å². The number of hydrogen-bond acceptors (Lipinski definition) is 4. The smallest absolute Gasteiger partial charge is 0.239 e. The van der Waals surface area contributed by atoms with Crippen molar-refractivity contribution < 1.29 is 13.7 Å². The minimum atomic E-state index is -0.335. The van der Waals surface area contributed by atoms with Crippen molar-refractivity contribution in [3.8, 4) is 22.4 Å². The van der Waals surface area contributed by atoms with Gasteiger partial charge in [-0.05, 0) is 60.9 Å². The predicted octanol–water partition coefficient (Wildman–Crippen LogP) is 5.42. The maximum Gasteiger partial charge on any atom is 0.239 e. The molecule has 4 aromatic rings. The molecule has 0 fully saturated rings. The van der Waals surface area contributed by atoms with Gasteiger partial charge in [0.15, 0.2) is 0 Å². The molecule has 1 N–H and O–H groups in total. The number of carbonyl (C=O) groups is 1. The second kappa shape index (κ2) is 8.69. The summed E-state index contributed by atoms with van der Waals surface area (Å²) in [6.07, 6.45) is 2.62. The topological polar surface area (TPSA) is 68.0 Å². The van der Waals surface area contributed by atoms with Gasteiger partial charge in [0.05, 0.1) is 5.56 Å². The molecule has 6 heteroatoms. The van der Waals surface area contributed by atoms with Gasteiger partial charge in [0.25, 0.3) is 0 Å². The van der Waals surface area contributed by atoms with Crippen molar-refractivity contribution in [3.05, 3.63) is 90.0 Å². The van der Waals surface area contributed by atoms with Crippen LogP contribution in [0.2, 0.25) is 0 Å². The van der Waals surface area contributed by atoms with Crippen molar-refractivity contribution in [2.24, 2.45) is 0 Å². The lowest BCUT2D eigenvalue weighted by atomic mass is 10.0. The van der Waals surface area contributed by atoms with Crippen molar-refractivity contribution >= 4 is 11.8 Å². The number of halogens is 1. The molecule has 2 heterocycles. The number of aromatic nitrogens is 2. The Labute approximate surface area is 173 Å². The first-order chi connectivity index (χ1) is 14.6. The highest BCUT2D eigenvalue weighted by molar-refractivity contribution is 5.97. The molecule has 5 nitrogen and oxygen atoms in total. The normalized spacial score (nSPS) is 10.7. The predicted molar refractivity (Wildman–Crippen MR) is 113 cm³/mol. The number of nitrogens with one attached hydrogen (secondary N) is 1. The van der Waals surface area contributed by atoms with E-state index in [-0.39, 0.29) is 17.6 Å². The Kier molecular flexibility index (Phi) is 5.66. The fraction of sp³-hybridized carbons (Fsp3) is 0.125. The Morgan fingerprint density at radius 3 is 2.53 bits per heavy atom. The van der Waals surface area contributed by atoms with E-state index < -0.39 is 0 Å². The molecule has 0 saturated heterocycles. The Morgan fingerprint density at radius 2 is 1.80 bits per heavy atom. The average molecular weight is 401 g/mol. The highest BCUT2D eigenvalue weighted by Gasteiger charge is 2.21. The first-order valence-corrected chi connectivity index (χ1v) is 9.62. The summed E-state index contributed by atoms with van der Waals surface area (Å²) in [4.78, 5) is 16.8. The van der Waals surface area contributed by atoms with E-state index in [2.05, 4.69) is 15.5 Å². The minimum Gasteiger partial charge on any atom is -0.337 e. The lowest BCUT2D eigenvalue weighted by molar-refractivity contribution is -0.116. The second-order valence-corrected chi connectivity index (χ2v) is 6.96. The minimum absolute atomic E-state index is 0.173. The maximum atomic E-state index is 13.4. The van der Waals surface area contributed by atoms with E-state index in [1.807, 2.05) is 49.4 Å². The average Bonchev–Trinajstić information content (AvgIpc) is 3.17. The summed E-state index contributed by atoms with van der Waals surface area (Å²) in [7, 11) is 0. The van der Waals surface area contributed by atoms with Gasteiger partial charge in [-0.15, -0.1) is 0 Å². The number of amides is 1. The maximum absolute atomic E-state index is 13.4. The lowest BCUT2D eigenvalue weighted by Gasteiger charge is -2.07. The van der Waals surface area contributed by atoms with Gasteiger partial charge < -0.3 is 4.52 Å². The summed E-state index contributed by atoms with van der Waals surface area (Å²) < 4.78 is 18.9. The molecule has 0 aliphatic rings. The Hall–Kier alpha value is -3.80. The molecule has 0 bridgehead atoms. The molecule has 4 rings (SSSR count). The first kappa shape index (κ1) is 19.5. The Bertz CT molecular complexity index is 1150. The zero-order valence-electron chi connectivity index (χ0n) is 16.4. The number of benzene rings is 2. The van der Waals surface area contributed by atoms with Gasteiger partial charge in [0.1, 0.15) is 11.5 Å². The second-order valence-electron chi connectivity index (χ2n) is 6.96. The van der Waals surface area contributed by atoms with Crippen LogP contribution in [-0.4, -0.2) is 16.0 Å². The highest BCUT2D eigenvalue weighted by atomic mass is 19.1. The van der Waals surface area contributed by atoms with Crippen LogP contribution >= 0.6 is 0 Å². The van der Waals surface area contributed by atoms with Crippen LogP contribution in [0.25, 0.3) is 22.4 Å². The van der Waals surface area contributed by atoms with E-state index in [4.69, 9.17) is 4.52 Å². The number of aryl methyl sites for hydroxylation is 2. The molecule has 0 aliphatic carbocycles. The van der Waals surface area contributed by atoms with Crippen LogP contribution in [0.5, 0.6) is 0 Å². The summed E-state index contributed by atoms with van der Waals surface area (Å²) in [6, 6.07) is 19.5. The van der Waals surface area contributed by atoms with Crippen LogP contribution < -0.4 is 5.32 Å². The SMILES string of the molecule is Cc1cc(-c2c(-c3ccc(F)cc3)noc2NC(=O)CCc2ccccc2)ccn1. The molecule has 0 unspecified atom stereocenters. The third-order valence-electron chi connectivity index (χ3n) is 4.73. The van der Waals surface area contributed by atoms with E-state index in [0.29, 0.717) is 29.7 Å². The molecule has 150 valence electrons. The van der Waals surface area contributed by atoms with E-state index in [1.54, 1.807) is 18.3 Å². The van der Waals surface area contributed by atoms with Crippen LogP contribution in [0.4, 0.5) is 10.3 Å². The van der Waals surface area contributed by atoms with E-state index in [1.165, 1.54) is 12.1 Å². The summed E-state index contributed by atoms with van der Waals surface area (Å²) in [5, 5.41) is 7.00. The number of carbonyl (C=O) groups excluding carboxylic acids is 1. The molecule has 2 aromatic heterocycles. The Balaban J connectivity index is 1.64. The highest BCUT2D eigenvalue weighted by Crippen LogP contribution is 2.38. The van der Waals surface area contributed by atoms with E-state index in [0.717, 1.165) is 16.8 Å². The summed E-state index contributed by atoms with van der Waals surface area (Å²) in [5.41, 5.74) is 4.57. The zero-order chi connectivity index (χ0) is 20.9. The van der Waals surface area contributed by atoms with Crippen molar-refractivity contribution in [2.45, 2.75) is 19.8 Å². The molecule has 30 heavy (non-hydrogen) atoms. The number of anilines is 1. The molecule has 0 aliphatic heterocycles. The number of hydrogen-bond donors (Lipinski definition) is 1. The molecule has 2 aromatic carbocycles. The molecular formula is C24H20FN3O2. The molecule has 0 saturated carbocycles. The van der Waals surface area contributed by atoms with Gasteiger partial charge in [0.2, 0.25) is 11.8 Å². The van der Waals surface area contributed by atoms with Crippen LogP contribution in [0.1, 0.15) is 17.7 Å². The Morgan fingerprint density at radius 1 is 1.03 bits per heavy atom. The molecular weight excluding hydrogens is 381 g/mol. The monoisotopic (exact) mass is 401 g/mol. The van der Waals surface area contributed by atoms with Crippen molar-refractivity contribution in [3.63, 3.8) is 0 Å². The van der Waals surface area contributed by atoms with Crippen LogP contribution in [0.15, 0.2) is 77.4 Å². The van der Waals surface area contributed by atoms with Gasteiger partial charge in [-0.3, -0.25) is 15.1 Å². The standard InChI is InChI=1S/C24H20FN3O2/c1-16-15-19(13-14-26-16)22-23(18-8-10-20(25)11-9-18)28-30-24(22)27-21(29)12-7-17-5-3-2-4-6-17/h2-6,8-11,13-15H,7,12H2,1H3,(H,27,29). The fourth-order valence-electron chi connectivity index (χ4n) is 3.24. The van der Waals surface area contributed by atoms with Crippen LogP contribution in [0.3, 0.4) is 0 Å². The molecule has 0 spiro atoms. The molecule has 1 amide bonds. The van der Waals surface area contributed by atoms with Crippen LogP contribution in [-0.2, 0) is 11.2 Å². The summed E-state index contributed by atoms with van der Waals surface area (Å²) in [5.74, 6) is -0.247. The zero-order valence-corrected chi connectivity index (χ0v) is 16.4. The van der Waals surface area contributed by atoms with Gasteiger partial charge in [-0.2, -0.15) is 0 Å². The fourth-order valence-corrected chi connectivity index (χ4v) is 3.24. The third kappa shape index (κ3) is 4.43. The largest absolute Gasteiger partial charge is 0.337 e. The van der Waals surface area contributed by atoms with Crippen molar-refractivity contribution in [1.29, 1.82) is 0 Å². The van der Waals surface area contributed by atoms with E-state index >= 15 is 0 Å². The molecule has 0 radical (unpaired) electrons. The van der Waals surface area contributed by atoms with Crippen molar-refractivity contribution in [1.82, 2.24) is 10.1 Å². The summed E-state index contributed by atoms with van der Waals surface area (Å²) >= 11 is 0. The quantitative estimate of drug-likeness (QED) is 0.468. The van der Waals surface area contributed by atoms with Gasteiger partial charge in [0, 0.05) is 23.9 Å². The third-order valence-corrected chi connectivity index (χ3v) is 4.73. The first-order valence-electron chi connectivity index (χ1n) is 9.62. The lowest BCUT2D eigenvalue weighted by Crippen LogP contribution is -2.12. The number of pyridine rings is 1. The van der Waals surface area contributed by atoms with Gasteiger partial charge in [-0.25, -0.2) is 4.39 Å². The van der Waals surface area contributed by atoms with Gasteiger partial charge in [-0.1, -0.05) is 35.5 Å². The van der Waals surface area contributed by atoms with Crippen molar-refractivity contribution in [2.75, 3.05) is 5.32 Å². The van der Waals surface area contributed by atoms with E-state index in [9.17, 15) is 9.18 Å².